The van der Waals surface area contributed by atoms with Gasteiger partial charge in [-0.1, -0.05) is 24.3 Å². The number of hydrogen-bond donors (Lipinski definition) is 1. The number of ether oxygens (including phenoxy) is 2. The molecule has 0 aliphatic carbocycles. The van der Waals surface area contributed by atoms with Gasteiger partial charge in [0, 0.05) is 12.2 Å². The molecule has 1 aliphatic heterocycles. The topological polar surface area (TPSA) is 67.9 Å². The van der Waals surface area contributed by atoms with Gasteiger partial charge >= 0.3 is 12.6 Å². The lowest BCUT2D eigenvalue weighted by Gasteiger charge is -2.34. The molecule has 0 aromatic heterocycles. The molecule has 148 valence electrons. The molecule has 1 atom stereocenters. The number of anilines is 1. The van der Waals surface area contributed by atoms with E-state index in [0.717, 1.165) is 11.1 Å². The zero-order chi connectivity index (χ0) is 20.1. The van der Waals surface area contributed by atoms with Crippen LogP contribution >= 0.6 is 0 Å². The molecule has 28 heavy (non-hydrogen) atoms. The predicted octanol–water partition coefficient (Wildman–Crippen LogP) is 2.83. The summed E-state index contributed by atoms with van der Waals surface area (Å²) in [6, 6.07) is 12.8. The Morgan fingerprint density at radius 2 is 1.82 bits per heavy atom. The zero-order valence-electron chi connectivity index (χ0n) is 15.2. The molecule has 6 nitrogen and oxygen atoms in total. The largest absolute Gasteiger partial charge is 0.468 e. The summed E-state index contributed by atoms with van der Waals surface area (Å²) in [4.78, 5) is 26.4. The fraction of sp³-hybridized carbons (Fsp3) is 0.300. The van der Waals surface area contributed by atoms with Crippen LogP contribution in [0.25, 0.3) is 0 Å². The summed E-state index contributed by atoms with van der Waals surface area (Å²) >= 11 is 0. The number of nitrogens with one attached hydrogen (secondary N) is 1. The van der Waals surface area contributed by atoms with Crippen molar-refractivity contribution in [3.63, 3.8) is 0 Å². The second kappa shape index (κ2) is 8.79. The van der Waals surface area contributed by atoms with E-state index in [9.17, 15) is 18.4 Å². The van der Waals surface area contributed by atoms with Gasteiger partial charge in [0.2, 0.25) is 5.91 Å². The number of methoxy groups -OCH3 is 1. The van der Waals surface area contributed by atoms with Crippen LogP contribution in [0.15, 0.2) is 48.5 Å². The number of alkyl halides is 2. The van der Waals surface area contributed by atoms with Crippen LogP contribution in [0.5, 0.6) is 5.75 Å². The van der Waals surface area contributed by atoms with Crippen molar-refractivity contribution in [1.82, 2.24) is 4.90 Å². The van der Waals surface area contributed by atoms with Gasteiger partial charge in [0.05, 0.1) is 13.7 Å². The highest BCUT2D eigenvalue weighted by Gasteiger charge is 2.33. The Morgan fingerprint density at radius 1 is 1.14 bits per heavy atom. The van der Waals surface area contributed by atoms with Gasteiger partial charge in [0.1, 0.15) is 11.8 Å². The molecule has 0 fully saturated rings. The number of rotatable bonds is 6. The summed E-state index contributed by atoms with van der Waals surface area (Å²) in [5.41, 5.74) is 2.56. The summed E-state index contributed by atoms with van der Waals surface area (Å²) in [6.45, 7) is -2.47. The molecule has 0 bridgehead atoms. The number of benzene rings is 2. The predicted molar refractivity (Wildman–Crippen MR) is 98.1 cm³/mol. The van der Waals surface area contributed by atoms with Gasteiger partial charge in [-0.2, -0.15) is 8.78 Å². The van der Waals surface area contributed by atoms with Gasteiger partial charge in [-0.3, -0.25) is 14.5 Å². The number of carbonyl (C=O) groups excluding carboxylic acids is 2. The zero-order valence-corrected chi connectivity index (χ0v) is 15.2. The molecule has 8 heteroatoms. The maximum Gasteiger partial charge on any atom is 0.387 e. The van der Waals surface area contributed by atoms with E-state index in [2.05, 4.69) is 10.1 Å². The summed E-state index contributed by atoms with van der Waals surface area (Å²) in [5, 5.41) is 2.70. The first-order chi connectivity index (χ1) is 13.5. The Morgan fingerprint density at radius 3 is 2.46 bits per heavy atom. The quantitative estimate of drug-likeness (QED) is 0.769. The minimum Gasteiger partial charge on any atom is -0.468 e. The van der Waals surface area contributed by atoms with Gasteiger partial charge < -0.3 is 14.8 Å². The standard InChI is InChI=1S/C20H20F2N2O4/c1-27-19(26)17-10-13-4-2-3-5-14(13)11-24(17)12-18(25)23-15-6-8-16(9-7-15)28-20(21)22/h2-9,17,20H,10-12H2,1H3,(H,23,25)/t17-/m0/s1. The van der Waals surface area contributed by atoms with E-state index >= 15 is 0 Å². The Balaban J connectivity index is 1.66. The molecule has 0 unspecified atom stereocenters. The van der Waals surface area contributed by atoms with E-state index in [1.54, 1.807) is 4.90 Å². The molecular weight excluding hydrogens is 370 g/mol. The van der Waals surface area contributed by atoms with Crippen LogP contribution in [0, 0.1) is 0 Å². The molecule has 3 rings (SSSR count). The van der Waals surface area contributed by atoms with Crippen molar-refractivity contribution in [3.05, 3.63) is 59.7 Å². The van der Waals surface area contributed by atoms with E-state index in [1.165, 1.54) is 31.4 Å². The van der Waals surface area contributed by atoms with E-state index in [1.807, 2.05) is 24.3 Å². The lowest BCUT2D eigenvalue weighted by molar-refractivity contribution is -0.148. The number of hydrogen-bond acceptors (Lipinski definition) is 5. The SMILES string of the molecule is COC(=O)[C@@H]1Cc2ccccc2CN1CC(=O)Nc1ccc(OC(F)F)cc1. The van der Waals surface area contributed by atoms with Gasteiger partial charge in [-0.05, 0) is 41.8 Å². The van der Waals surface area contributed by atoms with Crippen LogP contribution in [0.1, 0.15) is 11.1 Å². The molecule has 2 aromatic carbocycles. The van der Waals surface area contributed by atoms with Gasteiger partial charge in [-0.15, -0.1) is 0 Å². The average Bonchev–Trinajstić information content (AvgIpc) is 2.68. The first-order valence-corrected chi connectivity index (χ1v) is 8.69. The highest BCUT2D eigenvalue weighted by Crippen LogP contribution is 2.24. The maximum atomic E-state index is 12.5. The third kappa shape index (κ3) is 4.83. The molecule has 0 saturated heterocycles. The number of carbonyl (C=O) groups is 2. The highest BCUT2D eigenvalue weighted by molar-refractivity contribution is 5.92. The third-order valence-corrected chi connectivity index (χ3v) is 4.53. The van der Waals surface area contributed by atoms with Crippen molar-refractivity contribution >= 4 is 17.6 Å². The van der Waals surface area contributed by atoms with E-state index in [-0.39, 0.29) is 18.2 Å². The van der Waals surface area contributed by atoms with E-state index < -0.39 is 18.6 Å². The molecule has 1 aliphatic rings. The highest BCUT2D eigenvalue weighted by atomic mass is 19.3. The molecule has 1 heterocycles. The number of amides is 1. The summed E-state index contributed by atoms with van der Waals surface area (Å²) < 4.78 is 33.6. The molecule has 0 spiro atoms. The third-order valence-electron chi connectivity index (χ3n) is 4.53. The smallest absolute Gasteiger partial charge is 0.387 e. The molecule has 0 radical (unpaired) electrons. The summed E-state index contributed by atoms with van der Waals surface area (Å²) in [6.07, 6.45) is 0.468. The lowest BCUT2D eigenvalue weighted by atomic mass is 9.94. The van der Waals surface area contributed by atoms with Gasteiger partial charge in [0.15, 0.2) is 0 Å². The minimum absolute atomic E-state index is 0.00592. The van der Waals surface area contributed by atoms with Crippen molar-refractivity contribution in [1.29, 1.82) is 0 Å². The van der Waals surface area contributed by atoms with Crippen LogP contribution in [-0.2, 0) is 27.3 Å². The second-order valence-electron chi connectivity index (χ2n) is 6.37. The Bertz CT molecular complexity index is 842. The van der Waals surface area contributed by atoms with Crippen molar-refractivity contribution in [3.8, 4) is 5.75 Å². The van der Waals surface area contributed by atoms with Crippen LogP contribution in [0.2, 0.25) is 0 Å². The van der Waals surface area contributed by atoms with Gasteiger partial charge in [-0.25, -0.2) is 0 Å². The lowest BCUT2D eigenvalue weighted by Crippen LogP contribution is -2.49. The molecule has 1 N–H and O–H groups in total. The van der Waals surface area contributed by atoms with Crippen LogP contribution < -0.4 is 10.1 Å². The summed E-state index contributed by atoms with van der Waals surface area (Å²) in [5.74, 6) is -0.710. The van der Waals surface area contributed by atoms with Gasteiger partial charge in [0.25, 0.3) is 0 Å². The molecule has 1 amide bonds. The fourth-order valence-corrected chi connectivity index (χ4v) is 3.22. The second-order valence-corrected chi connectivity index (χ2v) is 6.37. The van der Waals surface area contributed by atoms with Crippen LogP contribution in [0.3, 0.4) is 0 Å². The summed E-state index contributed by atoms with van der Waals surface area (Å²) in [7, 11) is 1.32. The number of esters is 1. The number of halogens is 2. The molecule has 0 saturated carbocycles. The molecular formula is C20H20F2N2O4. The Kier molecular flexibility index (Phi) is 6.20. The van der Waals surface area contributed by atoms with Crippen molar-refractivity contribution in [2.24, 2.45) is 0 Å². The van der Waals surface area contributed by atoms with Crippen molar-refractivity contribution in [2.45, 2.75) is 25.6 Å². The van der Waals surface area contributed by atoms with Crippen molar-refractivity contribution in [2.75, 3.05) is 19.0 Å². The normalized spacial score (nSPS) is 16.4. The first-order valence-electron chi connectivity index (χ1n) is 8.69. The average molecular weight is 390 g/mol. The molecule has 2 aromatic rings. The Hall–Kier alpha value is -3.00. The van der Waals surface area contributed by atoms with E-state index in [0.29, 0.717) is 18.7 Å². The van der Waals surface area contributed by atoms with Crippen molar-refractivity contribution < 1.29 is 27.8 Å². The first kappa shape index (κ1) is 19.8. The maximum absolute atomic E-state index is 12.5. The number of fused-ring (bicyclic) bond motifs is 1. The van der Waals surface area contributed by atoms with Crippen LogP contribution in [0.4, 0.5) is 14.5 Å². The fourth-order valence-electron chi connectivity index (χ4n) is 3.22. The minimum atomic E-state index is -2.90. The number of nitrogens with zero attached hydrogens (tertiary/aromatic N) is 1. The Labute approximate surface area is 161 Å². The monoisotopic (exact) mass is 390 g/mol. The van der Waals surface area contributed by atoms with Crippen LogP contribution in [-0.4, -0.2) is 43.1 Å². The van der Waals surface area contributed by atoms with E-state index in [4.69, 9.17) is 4.74 Å².